The Labute approximate surface area is 66.5 Å². The van der Waals surface area contributed by atoms with E-state index in [2.05, 4.69) is 0 Å². The van der Waals surface area contributed by atoms with Gasteiger partial charge in [0.05, 0.1) is 5.56 Å². The van der Waals surface area contributed by atoms with Gasteiger partial charge in [0.2, 0.25) is 0 Å². The molecule has 0 N–H and O–H groups in total. The van der Waals surface area contributed by atoms with Crippen molar-refractivity contribution in [2.45, 2.75) is 13.3 Å². The lowest BCUT2D eigenvalue weighted by molar-refractivity contribution is -0.671. The van der Waals surface area contributed by atoms with Gasteiger partial charge in [0.1, 0.15) is 7.05 Å². The SMILES string of the molecule is CCC(=O)c1ccc[n+](C)c1. The molecule has 1 rings (SSSR count). The molecule has 0 spiro atoms. The van der Waals surface area contributed by atoms with Gasteiger partial charge < -0.3 is 0 Å². The number of ketones is 1. The molecule has 58 valence electrons. The zero-order valence-electron chi connectivity index (χ0n) is 6.87. The van der Waals surface area contributed by atoms with Crippen LogP contribution >= 0.6 is 0 Å². The third-order valence-corrected chi connectivity index (χ3v) is 1.58. The number of aromatic nitrogens is 1. The highest BCUT2D eigenvalue weighted by Gasteiger charge is 2.04. The van der Waals surface area contributed by atoms with Crippen molar-refractivity contribution in [3.8, 4) is 0 Å². The Hall–Kier alpha value is -1.18. The third-order valence-electron chi connectivity index (χ3n) is 1.58. The van der Waals surface area contributed by atoms with Crippen molar-refractivity contribution in [1.29, 1.82) is 0 Å². The molecule has 0 saturated carbocycles. The summed E-state index contributed by atoms with van der Waals surface area (Å²) in [7, 11) is 1.91. The lowest BCUT2D eigenvalue weighted by Gasteiger charge is -1.93. The number of carbonyl (C=O) groups excluding carboxylic acids is 1. The minimum atomic E-state index is 0.196. The molecule has 0 aliphatic heterocycles. The average Bonchev–Trinajstić information content (AvgIpc) is 2.03. The topological polar surface area (TPSA) is 20.9 Å². The third kappa shape index (κ3) is 1.87. The molecule has 0 amide bonds. The first-order chi connectivity index (χ1) is 5.24. The molecule has 0 saturated heterocycles. The predicted molar refractivity (Wildman–Crippen MR) is 42.2 cm³/mol. The van der Waals surface area contributed by atoms with Gasteiger partial charge in [0, 0.05) is 12.5 Å². The van der Waals surface area contributed by atoms with Crippen molar-refractivity contribution >= 4 is 5.78 Å². The van der Waals surface area contributed by atoms with E-state index < -0.39 is 0 Å². The van der Waals surface area contributed by atoms with E-state index in [4.69, 9.17) is 0 Å². The van der Waals surface area contributed by atoms with Gasteiger partial charge in [-0.05, 0) is 6.07 Å². The normalized spacial score (nSPS) is 9.64. The summed E-state index contributed by atoms with van der Waals surface area (Å²) in [6.07, 6.45) is 4.32. The summed E-state index contributed by atoms with van der Waals surface area (Å²) in [4.78, 5) is 11.2. The lowest BCUT2D eigenvalue weighted by Crippen LogP contribution is -2.27. The largest absolute Gasteiger partial charge is 0.294 e. The van der Waals surface area contributed by atoms with E-state index in [0.717, 1.165) is 5.56 Å². The molecule has 0 fully saturated rings. The van der Waals surface area contributed by atoms with E-state index in [1.807, 2.05) is 43.1 Å². The summed E-state index contributed by atoms with van der Waals surface area (Å²) in [5.74, 6) is 0.196. The number of aryl methyl sites for hydroxylation is 1. The van der Waals surface area contributed by atoms with Crippen LogP contribution in [-0.2, 0) is 7.05 Å². The van der Waals surface area contributed by atoms with Crippen LogP contribution in [0.4, 0.5) is 0 Å². The van der Waals surface area contributed by atoms with Gasteiger partial charge >= 0.3 is 0 Å². The van der Waals surface area contributed by atoms with Crippen molar-refractivity contribution in [3.63, 3.8) is 0 Å². The minimum absolute atomic E-state index is 0.196. The van der Waals surface area contributed by atoms with Crippen LogP contribution in [0, 0.1) is 0 Å². The predicted octanol–water partition coefficient (Wildman–Crippen LogP) is 1.10. The zero-order chi connectivity index (χ0) is 8.27. The maximum Gasteiger partial charge on any atom is 0.179 e. The molecule has 2 nitrogen and oxygen atoms in total. The van der Waals surface area contributed by atoms with E-state index >= 15 is 0 Å². The molecule has 1 aromatic rings. The summed E-state index contributed by atoms with van der Waals surface area (Å²) >= 11 is 0. The standard InChI is InChI=1S/C9H12NO/c1-3-9(11)8-5-4-6-10(2)7-8/h4-7H,3H2,1-2H3/q+1. The quantitative estimate of drug-likeness (QED) is 0.457. The average molecular weight is 150 g/mol. The van der Waals surface area contributed by atoms with Crippen LogP contribution in [0.3, 0.4) is 0 Å². The van der Waals surface area contributed by atoms with Gasteiger partial charge in [0.15, 0.2) is 18.2 Å². The molecule has 0 bridgehead atoms. The molecule has 0 aliphatic carbocycles. The number of hydrogen-bond donors (Lipinski definition) is 0. The first kappa shape index (κ1) is 7.92. The van der Waals surface area contributed by atoms with Crippen LogP contribution in [0.25, 0.3) is 0 Å². The lowest BCUT2D eigenvalue weighted by atomic mass is 10.1. The van der Waals surface area contributed by atoms with E-state index in [9.17, 15) is 4.79 Å². The molecule has 11 heavy (non-hydrogen) atoms. The highest BCUT2D eigenvalue weighted by Crippen LogP contribution is 1.98. The summed E-state index contributed by atoms with van der Waals surface area (Å²) < 4.78 is 1.88. The van der Waals surface area contributed by atoms with Gasteiger partial charge in [-0.2, -0.15) is 0 Å². The fraction of sp³-hybridized carbons (Fsp3) is 0.333. The number of carbonyl (C=O) groups is 1. The second-order valence-corrected chi connectivity index (χ2v) is 2.53. The number of rotatable bonds is 2. The molecule has 0 aliphatic rings. The van der Waals surface area contributed by atoms with E-state index in [1.54, 1.807) is 0 Å². The molecule has 1 aromatic heterocycles. The fourth-order valence-electron chi connectivity index (χ4n) is 0.957. The Kier molecular flexibility index (Phi) is 2.36. The Morgan fingerprint density at radius 1 is 1.64 bits per heavy atom. The molecule has 0 unspecified atom stereocenters. The second kappa shape index (κ2) is 3.28. The van der Waals surface area contributed by atoms with Crippen molar-refractivity contribution in [3.05, 3.63) is 30.1 Å². The number of nitrogens with zero attached hydrogens (tertiary/aromatic N) is 1. The Morgan fingerprint density at radius 3 is 2.91 bits per heavy atom. The maximum atomic E-state index is 11.2. The van der Waals surface area contributed by atoms with E-state index in [0.29, 0.717) is 6.42 Å². The van der Waals surface area contributed by atoms with Crippen LogP contribution in [0.1, 0.15) is 23.7 Å². The molecule has 1 heterocycles. The first-order valence-corrected chi connectivity index (χ1v) is 3.72. The Morgan fingerprint density at radius 2 is 2.36 bits per heavy atom. The van der Waals surface area contributed by atoms with Gasteiger partial charge in [0.25, 0.3) is 0 Å². The van der Waals surface area contributed by atoms with Gasteiger partial charge in [-0.15, -0.1) is 0 Å². The van der Waals surface area contributed by atoms with Crippen LogP contribution < -0.4 is 4.57 Å². The Balaban J connectivity index is 2.96. The van der Waals surface area contributed by atoms with E-state index in [1.165, 1.54) is 0 Å². The van der Waals surface area contributed by atoms with Gasteiger partial charge in [-0.25, -0.2) is 4.57 Å². The smallest absolute Gasteiger partial charge is 0.179 e. The molecular weight excluding hydrogens is 138 g/mol. The van der Waals surface area contributed by atoms with E-state index in [-0.39, 0.29) is 5.78 Å². The summed E-state index contributed by atoms with van der Waals surface area (Å²) in [6, 6.07) is 3.72. The summed E-state index contributed by atoms with van der Waals surface area (Å²) in [5.41, 5.74) is 0.789. The highest BCUT2D eigenvalue weighted by atomic mass is 16.1. The fourth-order valence-corrected chi connectivity index (χ4v) is 0.957. The van der Waals surface area contributed by atoms with Crippen molar-refractivity contribution in [2.24, 2.45) is 7.05 Å². The molecule has 2 heteroatoms. The van der Waals surface area contributed by atoms with Gasteiger partial charge in [-0.1, -0.05) is 6.92 Å². The summed E-state index contributed by atoms with van der Waals surface area (Å²) in [5, 5.41) is 0. The number of pyridine rings is 1. The number of hydrogen-bond acceptors (Lipinski definition) is 1. The second-order valence-electron chi connectivity index (χ2n) is 2.53. The van der Waals surface area contributed by atoms with Crippen LogP contribution in [0.5, 0.6) is 0 Å². The molecule has 0 radical (unpaired) electrons. The number of Topliss-reactive ketones (excluding diaryl/α,β-unsaturated/α-hetero) is 1. The monoisotopic (exact) mass is 150 g/mol. The van der Waals surface area contributed by atoms with Crippen molar-refractivity contribution in [2.75, 3.05) is 0 Å². The van der Waals surface area contributed by atoms with Crippen molar-refractivity contribution in [1.82, 2.24) is 0 Å². The molecule has 0 atom stereocenters. The van der Waals surface area contributed by atoms with Crippen LogP contribution in [0.15, 0.2) is 24.5 Å². The Bertz CT molecular complexity index is 268. The highest BCUT2D eigenvalue weighted by molar-refractivity contribution is 5.95. The molecule has 0 aromatic carbocycles. The summed E-state index contributed by atoms with van der Waals surface area (Å²) in [6.45, 7) is 1.87. The zero-order valence-corrected chi connectivity index (χ0v) is 6.87. The minimum Gasteiger partial charge on any atom is -0.294 e. The van der Waals surface area contributed by atoms with Crippen LogP contribution in [0.2, 0.25) is 0 Å². The van der Waals surface area contributed by atoms with Crippen LogP contribution in [-0.4, -0.2) is 5.78 Å². The first-order valence-electron chi connectivity index (χ1n) is 3.72. The molecular formula is C9H12NO+. The van der Waals surface area contributed by atoms with Crippen molar-refractivity contribution < 1.29 is 9.36 Å². The van der Waals surface area contributed by atoms with Gasteiger partial charge in [-0.3, -0.25) is 4.79 Å². The maximum absolute atomic E-state index is 11.2.